The minimum absolute atomic E-state index is 0.116. The van der Waals surface area contributed by atoms with Crippen molar-refractivity contribution >= 4 is 29.1 Å². The molecule has 2 atom stereocenters. The molecule has 19 heavy (non-hydrogen) atoms. The summed E-state index contributed by atoms with van der Waals surface area (Å²) in [7, 11) is 0. The number of carbonyl (C=O) groups excluding carboxylic acids is 1. The van der Waals surface area contributed by atoms with Crippen LogP contribution < -0.4 is 0 Å². The minimum Gasteiger partial charge on any atom is -0.299 e. The minimum atomic E-state index is -0.427. The molecule has 1 aliphatic heterocycles. The molecule has 6 heteroatoms. The SMILES string of the molecule is O=C1CCSC[C@H]1[C@@H](C[N+](=O)[O-])c1ccccc1Cl. The van der Waals surface area contributed by atoms with Crippen molar-refractivity contribution in [3.8, 4) is 0 Å². The van der Waals surface area contributed by atoms with Gasteiger partial charge in [-0.1, -0.05) is 29.8 Å². The first-order chi connectivity index (χ1) is 9.09. The molecule has 4 nitrogen and oxygen atoms in total. The zero-order valence-corrected chi connectivity index (χ0v) is 11.8. The number of nitro groups is 1. The Hall–Kier alpha value is -1.07. The largest absolute Gasteiger partial charge is 0.299 e. The van der Waals surface area contributed by atoms with Crippen molar-refractivity contribution in [2.75, 3.05) is 18.1 Å². The summed E-state index contributed by atoms with van der Waals surface area (Å²) in [6.45, 7) is -0.249. The first kappa shape index (κ1) is 14.3. The topological polar surface area (TPSA) is 60.2 Å². The van der Waals surface area contributed by atoms with Crippen LogP contribution in [0.2, 0.25) is 5.02 Å². The lowest BCUT2D eigenvalue weighted by Crippen LogP contribution is -2.32. The molecule has 1 aliphatic rings. The van der Waals surface area contributed by atoms with E-state index in [0.29, 0.717) is 22.8 Å². The molecule has 102 valence electrons. The Morgan fingerprint density at radius 2 is 2.21 bits per heavy atom. The lowest BCUT2D eigenvalue weighted by molar-refractivity contribution is -0.484. The molecule has 0 N–H and O–H groups in total. The van der Waals surface area contributed by atoms with Gasteiger partial charge < -0.3 is 0 Å². The van der Waals surface area contributed by atoms with E-state index in [2.05, 4.69) is 0 Å². The molecule has 0 spiro atoms. The van der Waals surface area contributed by atoms with Crippen LogP contribution in [0.1, 0.15) is 17.9 Å². The highest BCUT2D eigenvalue weighted by Gasteiger charge is 2.35. The van der Waals surface area contributed by atoms with Crippen LogP contribution in [0.4, 0.5) is 0 Å². The van der Waals surface area contributed by atoms with E-state index in [1.165, 1.54) is 0 Å². The van der Waals surface area contributed by atoms with Crippen LogP contribution >= 0.6 is 23.4 Å². The van der Waals surface area contributed by atoms with Gasteiger partial charge in [0.25, 0.3) is 0 Å². The Labute approximate surface area is 120 Å². The molecule has 0 radical (unpaired) electrons. The van der Waals surface area contributed by atoms with Crippen molar-refractivity contribution in [1.82, 2.24) is 0 Å². The molecule has 2 rings (SSSR count). The zero-order chi connectivity index (χ0) is 13.8. The number of ketones is 1. The van der Waals surface area contributed by atoms with Crippen molar-refractivity contribution in [2.45, 2.75) is 12.3 Å². The van der Waals surface area contributed by atoms with Crippen molar-refractivity contribution in [3.63, 3.8) is 0 Å². The molecule has 0 unspecified atom stereocenters. The zero-order valence-electron chi connectivity index (χ0n) is 10.3. The normalized spacial score (nSPS) is 21.1. The fourth-order valence-electron chi connectivity index (χ4n) is 2.38. The van der Waals surface area contributed by atoms with Crippen LogP contribution in [0.5, 0.6) is 0 Å². The summed E-state index contributed by atoms with van der Waals surface area (Å²) in [4.78, 5) is 22.6. The highest BCUT2D eigenvalue weighted by atomic mass is 35.5. The molecule has 0 amide bonds. The van der Waals surface area contributed by atoms with E-state index < -0.39 is 5.92 Å². The third-order valence-electron chi connectivity index (χ3n) is 3.34. The first-order valence-electron chi connectivity index (χ1n) is 6.06. The monoisotopic (exact) mass is 299 g/mol. The molecular formula is C13H14ClNO3S. The second-order valence-electron chi connectivity index (χ2n) is 4.54. The third kappa shape index (κ3) is 3.48. The van der Waals surface area contributed by atoms with Gasteiger partial charge in [0, 0.05) is 33.8 Å². The molecule has 1 heterocycles. The molecule has 1 fully saturated rings. The number of carbonyl (C=O) groups is 1. The smallest absolute Gasteiger partial charge is 0.211 e. The van der Waals surface area contributed by atoms with E-state index in [1.54, 1.807) is 36.0 Å². The summed E-state index contributed by atoms with van der Waals surface area (Å²) in [5, 5.41) is 11.4. The lowest BCUT2D eigenvalue weighted by atomic mass is 9.83. The van der Waals surface area contributed by atoms with Crippen molar-refractivity contribution in [3.05, 3.63) is 45.0 Å². The Bertz CT molecular complexity index is 495. The molecule has 0 aromatic heterocycles. The molecule has 1 aromatic rings. The van der Waals surface area contributed by atoms with Gasteiger partial charge in [-0.2, -0.15) is 11.8 Å². The van der Waals surface area contributed by atoms with Crippen LogP contribution in [-0.4, -0.2) is 28.8 Å². The summed E-state index contributed by atoms with van der Waals surface area (Å²) >= 11 is 7.80. The van der Waals surface area contributed by atoms with E-state index in [0.717, 1.165) is 5.75 Å². The average Bonchev–Trinajstić information content (AvgIpc) is 2.37. The maximum absolute atomic E-state index is 12.0. The van der Waals surface area contributed by atoms with Crippen LogP contribution in [0.25, 0.3) is 0 Å². The molecule has 0 bridgehead atoms. The van der Waals surface area contributed by atoms with Gasteiger partial charge in [0.15, 0.2) is 0 Å². The summed E-state index contributed by atoms with van der Waals surface area (Å²) in [6, 6.07) is 7.08. The van der Waals surface area contributed by atoms with E-state index in [9.17, 15) is 14.9 Å². The maximum Gasteiger partial charge on any atom is 0.211 e. The van der Waals surface area contributed by atoms with E-state index in [4.69, 9.17) is 11.6 Å². The molecule has 1 aromatic carbocycles. The number of Topliss-reactive ketones (excluding diaryl/α,β-unsaturated/α-hetero) is 1. The number of benzene rings is 1. The second kappa shape index (κ2) is 6.39. The van der Waals surface area contributed by atoms with E-state index in [-0.39, 0.29) is 23.2 Å². The standard InChI is InChI=1S/C13H14ClNO3S/c14-12-4-2-1-3-9(12)10(7-15(17)18)11-8-19-6-5-13(11)16/h1-4,10-11H,5-8H2/t10-,11-/m0/s1. The first-order valence-corrected chi connectivity index (χ1v) is 7.59. The van der Waals surface area contributed by atoms with Crippen molar-refractivity contribution in [1.29, 1.82) is 0 Å². The van der Waals surface area contributed by atoms with Gasteiger partial charge in [-0.25, -0.2) is 0 Å². The summed E-state index contributed by atoms with van der Waals surface area (Å²) < 4.78 is 0. The van der Waals surface area contributed by atoms with Gasteiger partial charge in [-0.3, -0.25) is 14.9 Å². The number of rotatable bonds is 4. The van der Waals surface area contributed by atoms with Crippen molar-refractivity contribution in [2.24, 2.45) is 5.92 Å². The van der Waals surface area contributed by atoms with Gasteiger partial charge in [0.05, 0.1) is 5.92 Å². The van der Waals surface area contributed by atoms with Crippen LogP contribution in [0.3, 0.4) is 0 Å². The number of hydrogen-bond acceptors (Lipinski definition) is 4. The fourth-order valence-corrected chi connectivity index (χ4v) is 3.84. The van der Waals surface area contributed by atoms with E-state index in [1.807, 2.05) is 0 Å². The quantitative estimate of drug-likeness (QED) is 0.633. The van der Waals surface area contributed by atoms with Crippen LogP contribution in [0.15, 0.2) is 24.3 Å². The van der Waals surface area contributed by atoms with E-state index >= 15 is 0 Å². The van der Waals surface area contributed by atoms with Gasteiger partial charge >= 0.3 is 0 Å². The highest BCUT2D eigenvalue weighted by Crippen LogP contribution is 2.36. The Morgan fingerprint density at radius 3 is 2.84 bits per heavy atom. The maximum atomic E-state index is 12.0. The fraction of sp³-hybridized carbons (Fsp3) is 0.462. The van der Waals surface area contributed by atoms with Crippen LogP contribution in [0, 0.1) is 16.0 Å². The molecule has 0 saturated carbocycles. The molecule has 0 aliphatic carbocycles. The Balaban J connectivity index is 2.32. The molecular weight excluding hydrogens is 286 g/mol. The second-order valence-corrected chi connectivity index (χ2v) is 6.10. The summed E-state index contributed by atoms with van der Waals surface area (Å²) in [5.74, 6) is 0.838. The van der Waals surface area contributed by atoms with Gasteiger partial charge in [0.2, 0.25) is 6.54 Å². The number of halogens is 1. The highest BCUT2D eigenvalue weighted by molar-refractivity contribution is 7.99. The van der Waals surface area contributed by atoms with Gasteiger partial charge in [0.1, 0.15) is 5.78 Å². The predicted molar refractivity (Wildman–Crippen MR) is 76.5 cm³/mol. The third-order valence-corrected chi connectivity index (χ3v) is 4.77. The average molecular weight is 300 g/mol. The Morgan fingerprint density at radius 1 is 1.47 bits per heavy atom. The van der Waals surface area contributed by atoms with Crippen molar-refractivity contribution < 1.29 is 9.72 Å². The molecule has 1 saturated heterocycles. The Kier molecular flexibility index (Phi) is 4.82. The lowest BCUT2D eigenvalue weighted by Gasteiger charge is -2.27. The summed E-state index contributed by atoms with van der Waals surface area (Å²) in [5.41, 5.74) is 0.710. The van der Waals surface area contributed by atoms with Gasteiger partial charge in [-0.15, -0.1) is 0 Å². The predicted octanol–water partition coefficient (Wildman–Crippen LogP) is 3.02. The van der Waals surface area contributed by atoms with Gasteiger partial charge in [-0.05, 0) is 11.6 Å². The number of thioether (sulfide) groups is 1. The van der Waals surface area contributed by atoms with Crippen LogP contribution in [-0.2, 0) is 4.79 Å². The number of hydrogen-bond donors (Lipinski definition) is 0. The summed E-state index contributed by atoms with van der Waals surface area (Å²) in [6.07, 6.45) is 0.494. The number of nitrogens with zero attached hydrogens (tertiary/aromatic N) is 1.